The highest BCUT2D eigenvalue weighted by Gasteiger charge is 2.40. The summed E-state index contributed by atoms with van der Waals surface area (Å²) < 4.78 is 13.2. The van der Waals surface area contributed by atoms with Gasteiger partial charge in [0.25, 0.3) is 0 Å². The van der Waals surface area contributed by atoms with E-state index in [1.165, 1.54) is 5.56 Å². The van der Waals surface area contributed by atoms with Gasteiger partial charge in [0.1, 0.15) is 24.2 Å². The van der Waals surface area contributed by atoms with Gasteiger partial charge in [-0.3, -0.25) is 14.7 Å². The Bertz CT molecular complexity index is 1740. The molecule has 47 heavy (non-hydrogen) atoms. The third kappa shape index (κ3) is 6.00. The molecule has 4 atom stereocenters. The zero-order valence-corrected chi connectivity index (χ0v) is 26.8. The Morgan fingerprint density at radius 3 is 2.62 bits per heavy atom. The number of piperidine rings is 1. The first-order valence-corrected chi connectivity index (χ1v) is 16.7. The number of aromatic nitrogens is 4. The SMILES string of the molecule is COc1ccc(CN2CC3CN(c4ccc(-c5cc(OCCN6[C@@H]7CC[C@H]6C[C@@H](O)C7)cn6ncc(C#N)c56)cn4)CCN3C2)cn1. The number of pyridine rings is 3. The minimum atomic E-state index is -0.171. The third-order valence-electron chi connectivity index (χ3n) is 10.4. The van der Waals surface area contributed by atoms with Crippen molar-refractivity contribution in [2.45, 2.75) is 56.5 Å². The first kappa shape index (κ1) is 30.1. The Kier molecular flexibility index (Phi) is 8.15. The van der Waals surface area contributed by atoms with Crippen molar-refractivity contribution in [3.63, 3.8) is 0 Å². The van der Waals surface area contributed by atoms with E-state index in [0.29, 0.717) is 41.9 Å². The summed E-state index contributed by atoms with van der Waals surface area (Å²) in [5.41, 5.74) is 4.26. The van der Waals surface area contributed by atoms with Crippen LogP contribution in [-0.4, -0.2) is 117 Å². The molecule has 4 aliphatic heterocycles. The van der Waals surface area contributed by atoms with Crippen molar-refractivity contribution in [3.05, 3.63) is 66.2 Å². The zero-order valence-electron chi connectivity index (χ0n) is 26.8. The number of piperazine rings is 1. The average Bonchev–Trinajstić information content (AvgIpc) is 3.77. The fraction of sp³-hybridized carbons (Fsp3) is 0.486. The molecule has 4 aromatic rings. The van der Waals surface area contributed by atoms with Crippen molar-refractivity contribution < 1.29 is 14.6 Å². The molecule has 4 fully saturated rings. The molecule has 4 aromatic heterocycles. The van der Waals surface area contributed by atoms with Crippen molar-refractivity contribution >= 4 is 11.3 Å². The molecular weight excluding hydrogens is 594 g/mol. The molecule has 12 nitrogen and oxygen atoms in total. The fourth-order valence-corrected chi connectivity index (χ4v) is 8.16. The van der Waals surface area contributed by atoms with Gasteiger partial charge in [0.2, 0.25) is 5.88 Å². The quantitative estimate of drug-likeness (QED) is 0.293. The minimum Gasteiger partial charge on any atom is -0.491 e. The Morgan fingerprint density at radius 1 is 1.00 bits per heavy atom. The van der Waals surface area contributed by atoms with E-state index < -0.39 is 0 Å². The molecule has 4 aliphatic rings. The van der Waals surface area contributed by atoms with Crippen LogP contribution >= 0.6 is 0 Å². The van der Waals surface area contributed by atoms with Gasteiger partial charge in [-0.1, -0.05) is 6.07 Å². The second-order valence-electron chi connectivity index (χ2n) is 13.3. The number of nitriles is 1. The minimum absolute atomic E-state index is 0.171. The lowest BCUT2D eigenvalue weighted by Crippen LogP contribution is -2.51. The molecule has 2 bridgehead atoms. The van der Waals surface area contributed by atoms with Crippen molar-refractivity contribution in [1.82, 2.24) is 34.3 Å². The summed E-state index contributed by atoms with van der Waals surface area (Å²) in [5.74, 6) is 2.31. The predicted molar refractivity (Wildman–Crippen MR) is 176 cm³/mol. The summed E-state index contributed by atoms with van der Waals surface area (Å²) in [6, 6.07) is 13.8. The largest absolute Gasteiger partial charge is 0.491 e. The number of anilines is 1. The van der Waals surface area contributed by atoms with Gasteiger partial charge < -0.3 is 19.5 Å². The van der Waals surface area contributed by atoms with Crippen LogP contribution in [0.15, 0.2) is 55.1 Å². The Balaban J connectivity index is 0.944. The monoisotopic (exact) mass is 635 g/mol. The van der Waals surface area contributed by atoms with E-state index in [2.05, 4.69) is 54.0 Å². The number of aliphatic hydroxyl groups excluding tert-OH is 1. The van der Waals surface area contributed by atoms with Crippen LogP contribution in [0.4, 0.5) is 5.82 Å². The van der Waals surface area contributed by atoms with Gasteiger partial charge in [-0.25, -0.2) is 14.5 Å². The number of aliphatic hydroxyl groups is 1. The molecule has 4 saturated heterocycles. The molecule has 8 heterocycles. The molecule has 0 radical (unpaired) electrons. The maximum Gasteiger partial charge on any atom is 0.212 e. The molecular formula is C35H41N9O3. The summed E-state index contributed by atoms with van der Waals surface area (Å²) in [5, 5.41) is 24.5. The predicted octanol–water partition coefficient (Wildman–Crippen LogP) is 3.00. The molecule has 0 aromatic carbocycles. The van der Waals surface area contributed by atoms with E-state index in [-0.39, 0.29) is 6.10 Å². The first-order valence-electron chi connectivity index (χ1n) is 16.7. The molecule has 1 N–H and O–H groups in total. The van der Waals surface area contributed by atoms with E-state index in [4.69, 9.17) is 14.5 Å². The fourth-order valence-electron chi connectivity index (χ4n) is 8.16. The van der Waals surface area contributed by atoms with Crippen molar-refractivity contribution in [3.8, 4) is 28.8 Å². The number of nitrogens with zero attached hydrogens (tertiary/aromatic N) is 9. The van der Waals surface area contributed by atoms with Crippen LogP contribution in [0.1, 0.15) is 36.8 Å². The topological polar surface area (TPSA) is 119 Å². The number of ether oxygens (including phenoxy) is 2. The van der Waals surface area contributed by atoms with Gasteiger partial charge in [0.05, 0.1) is 43.4 Å². The lowest BCUT2D eigenvalue weighted by atomic mass is 10.0. The van der Waals surface area contributed by atoms with E-state index >= 15 is 0 Å². The third-order valence-corrected chi connectivity index (χ3v) is 10.4. The lowest BCUT2D eigenvalue weighted by molar-refractivity contribution is 0.0287. The highest BCUT2D eigenvalue weighted by atomic mass is 16.5. The van der Waals surface area contributed by atoms with Crippen LogP contribution in [-0.2, 0) is 6.54 Å². The number of methoxy groups -OCH3 is 1. The van der Waals surface area contributed by atoms with Gasteiger partial charge in [-0.15, -0.1) is 0 Å². The lowest BCUT2D eigenvalue weighted by Gasteiger charge is -2.37. The second kappa shape index (κ2) is 12.7. The normalized spacial score (nSPS) is 24.8. The van der Waals surface area contributed by atoms with Crippen LogP contribution in [0.25, 0.3) is 16.6 Å². The molecule has 12 heteroatoms. The van der Waals surface area contributed by atoms with E-state index in [1.807, 2.05) is 30.7 Å². The number of hydrogen-bond acceptors (Lipinski definition) is 11. The first-order chi connectivity index (χ1) is 23.0. The van der Waals surface area contributed by atoms with Crippen molar-refractivity contribution in [2.75, 3.05) is 58.0 Å². The van der Waals surface area contributed by atoms with Crippen molar-refractivity contribution in [1.29, 1.82) is 5.26 Å². The maximum absolute atomic E-state index is 10.2. The summed E-state index contributed by atoms with van der Waals surface area (Å²) in [7, 11) is 1.64. The van der Waals surface area contributed by atoms with Gasteiger partial charge in [-0.05, 0) is 49.4 Å². The highest BCUT2D eigenvalue weighted by Crippen LogP contribution is 2.36. The molecule has 0 amide bonds. The van der Waals surface area contributed by atoms with Gasteiger partial charge >= 0.3 is 0 Å². The Labute approximate surface area is 274 Å². The van der Waals surface area contributed by atoms with E-state index in [1.54, 1.807) is 17.8 Å². The standard InChI is InChI=1S/C35H41N9O3/c1-46-34-7-2-24(16-38-34)19-40-20-29-21-41(8-9-42(29)23-40)33-6-3-25(17-37-33)32-14-31(22-44-35(32)26(15-36)18-39-44)47-11-10-43-27-4-5-28(43)13-30(45)12-27/h2-3,6-7,14,16-18,22,27-30,45H,4-5,8-13,19-21,23H2,1H3/t27-,28+,29?,30+. The van der Waals surface area contributed by atoms with E-state index in [9.17, 15) is 10.4 Å². The Hall–Kier alpha value is -4.28. The van der Waals surface area contributed by atoms with E-state index in [0.717, 1.165) is 94.1 Å². The summed E-state index contributed by atoms with van der Waals surface area (Å²) in [6.07, 6.45) is 11.1. The van der Waals surface area contributed by atoms with Crippen LogP contribution < -0.4 is 14.4 Å². The maximum atomic E-state index is 10.2. The molecule has 0 spiro atoms. The summed E-state index contributed by atoms with van der Waals surface area (Å²) in [6.45, 7) is 7.06. The Morgan fingerprint density at radius 2 is 1.87 bits per heavy atom. The van der Waals surface area contributed by atoms with Crippen LogP contribution in [0, 0.1) is 11.3 Å². The van der Waals surface area contributed by atoms with Gasteiger partial charge in [0.15, 0.2) is 0 Å². The summed E-state index contributed by atoms with van der Waals surface area (Å²) >= 11 is 0. The molecule has 0 saturated carbocycles. The molecule has 0 aliphatic carbocycles. The summed E-state index contributed by atoms with van der Waals surface area (Å²) in [4.78, 5) is 19.2. The second-order valence-corrected chi connectivity index (χ2v) is 13.3. The number of hydrogen-bond donors (Lipinski definition) is 1. The van der Waals surface area contributed by atoms with Crippen molar-refractivity contribution in [2.24, 2.45) is 0 Å². The average molecular weight is 636 g/mol. The smallest absolute Gasteiger partial charge is 0.212 e. The van der Waals surface area contributed by atoms with Crippen LogP contribution in [0.5, 0.6) is 11.6 Å². The molecule has 1 unspecified atom stereocenters. The van der Waals surface area contributed by atoms with Gasteiger partial charge in [-0.2, -0.15) is 10.4 Å². The molecule has 244 valence electrons. The zero-order chi connectivity index (χ0) is 31.9. The number of rotatable bonds is 9. The molecule has 8 rings (SSSR count). The van der Waals surface area contributed by atoms with Crippen LogP contribution in [0.3, 0.4) is 0 Å². The highest BCUT2D eigenvalue weighted by molar-refractivity contribution is 5.85. The van der Waals surface area contributed by atoms with Gasteiger partial charge in [0, 0.05) is 87.0 Å². The number of fused-ring (bicyclic) bond motifs is 4. The van der Waals surface area contributed by atoms with Crippen LogP contribution in [0.2, 0.25) is 0 Å².